The van der Waals surface area contributed by atoms with Crippen molar-refractivity contribution in [1.29, 1.82) is 0 Å². The van der Waals surface area contributed by atoms with E-state index in [4.69, 9.17) is 21.6 Å². The van der Waals surface area contributed by atoms with Crippen LogP contribution in [0.3, 0.4) is 0 Å². The molecule has 0 aliphatic heterocycles. The number of carbonyl (C=O) groups is 2. The summed E-state index contributed by atoms with van der Waals surface area (Å²) < 4.78 is 10.8. The van der Waals surface area contributed by atoms with Crippen LogP contribution in [0.4, 0.5) is 0 Å². The molecule has 2 amide bonds. The summed E-state index contributed by atoms with van der Waals surface area (Å²) in [6.07, 6.45) is 5.92. The Kier molecular flexibility index (Phi) is 11.1. The van der Waals surface area contributed by atoms with E-state index in [1.165, 1.54) is 0 Å². The first-order chi connectivity index (χ1) is 11.6. The van der Waals surface area contributed by atoms with Gasteiger partial charge in [-0.25, -0.2) is 0 Å². The number of nitrogens with two attached hydrogens (primary N) is 1. The maximum atomic E-state index is 11.7. The Hall–Kier alpha value is -1.62. The second kappa shape index (κ2) is 11.9. The number of hydrogen-bond donors (Lipinski definition) is 3. The third-order valence-electron chi connectivity index (χ3n) is 3.42. The first-order valence-corrected chi connectivity index (χ1v) is 8.44. The normalized spacial score (nSPS) is 11.7. The fourth-order valence-corrected chi connectivity index (χ4v) is 1.94. The molecular weight excluding hydrogens is 322 g/mol. The van der Waals surface area contributed by atoms with Gasteiger partial charge in [-0.15, -0.1) is 6.42 Å². The number of ether oxygens (including phenoxy) is 2. The maximum absolute atomic E-state index is 11.7. The Bertz CT molecular complexity index is 456. The Morgan fingerprint density at radius 2 is 1.56 bits per heavy atom. The van der Waals surface area contributed by atoms with Crippen molar-refractivity contribution in [2.45, 2.75) is 34.1 Å². The summed E-state index contributed by atoms with van der Waals surface area (Å²) in [5.74, 6) is 1.66. The van der Waals surface area contributed by atoms with E-state index in [0.29, 0.717) is 26.3 Å². The van der Waals surface area contributed by atoms with Gasteiger partial charge in [0, 0.05) is 12.0 Å². The number of hydrogen-bond acceptors (Lipinski definition) is 5. The number of terminal acetylenes is 1. The van der Waals surface area contributed by atoms with Crippen molar-refractivity contribution < 1.29 is 19.1 Å². The van der Waals surface area contributed by atoms with Crippen molar-refractivity contribution in [1.82, 2.24) is 10.6 Å². The molecule has 0 aliphatic carbocycles. The molecule has 0 aromatic heterocycles. The predicted molar refractivity (Wildman–Crippen MR) is 97.7 cm³/mol. The Morgan fingerprint density at radius 3 is 2.12 bits per heavy atom. The van der Waals surface area contributed by atoms with E-state index in [1.807, 2.05) is 13.8 Å². The molecule has 0 unspecified atom stereocenters. The van der Waals surface area contributed by atoms with Crippen LogP contribution in [0.2, 0.25) is 0 Å². The third-order valence-corrected chi connectivity index (χ3v) is 3.42. The standard InChI is InChI=1S/C18H33N3O4/c1-6-9-20-15(22)10-24-11-16(23)21-12-18(4,5)14-25-13-17(2,3)7-8-19/h1H,7-14,19H2,2-5H3,(H,20,22)(H,21,23). The van der Waals surface area contributed by atoms with Gasteiger partial charge in [-0.1, -0.05) is 33.6 Å². The van der Waals surface area contributed by atoms with E-state index in [-0.39, 0.29) is 42.4 Å². The summed E-state index contributed by atoms with van der Waals surface area (Å²) in [5.41, 5.74) is 5.42. The van der Waals surface area contributed by atoms with Gasteiger partial charge in [0.2, 0.25) is 11.8 Å². The first-order valence-electron chi connectivity index (χ1n) is 8.44. The molecule has 144 valence electrons. The summed E-state index contributed by atoms with van der Waals surface area (Å²) >= 11 is 0. The molecule has 4 N–H and O–H groups in total. The molecule has 0 spiro atoms. The van der Waals surface area contributed by atoms with Crippen LogP contribution in [0, 0.1) is 23.2 Å². The zero-order valence-electron chi connectivity index (χ0n) is 15.9. The van der Waals surface area contributed by atoms with Gasteiger partial charge in [0.15, 0.2) is 0 Å². The lowest BCUT2D eigenvalue weighted by Crippen LogP contribution is -2.39. The van der Waals surface area contributed by atoms with Crippen LogP contribution in [0.5, 0.6) is 0 Å². The van der Waals surface area contributed by atoms with Crippen LogP contribution in [0.1, 0.15) is 34.1 Å². The van der Waals surface area contributed by atoms with Crippen LogP contribution >= 0.6 is 0 Å². The quantitative estimate of drug-likeness (QED) is 0.412. The average molecular weight is 355 g/mol. The second-order valence-corrected chi connectivity index (χ2v) is 7.61. The van der Waals surface area contributed by atoms with Gasteiger partial charge < -0.3 is 25.8 Å². The Morgan fingerprint density at radius 1 is 1.00 bits per heavy atom. The molecule has 0 heterocycles. The second-order valence-electron chi connectivity index (χ2n) is 7.61. The highest BCUT2D eigenvalue weighted by Crippen LogP contribution is 2.22. The lowest BCUT2D eigenvalue weighted by Gasteiger charge is -2.29. The van der Waals surface area contributed by atoms with Crippen molar-refractivity contribution in [3.63, 3.8) is 0 Å². The minimum absolute atomic E-state index is 0.0436. The number of rotatable bonds is 13. The van der Waals surface area contributed by atoms with Crippen LogP contribution in [-0.2, 0) is 19.1 Å². The molecule has 0 rings (SSSR count). The molecule has 0 saturated heterocycles. The van der Waals surface area contributed by atoms with Crippen molar-refractivity contribution >= 4 is 11.8 Å². The summed E-state index contributed by atoms with van der Waals surface area (Å²) in [5, 5.41) is 5.24. The highest BCUT2D eigenvalue weighted by molar-refractivity contribution is 5.79. The summed E-state index contributed by atoms with van der Waals surface area (Å²) in [7, 11) is 0. The Balaban J connectivity index is 3.94. The minimum Gasteiger partial charge on any atom is -0.380 e. The van der Waals surface area contributed by atoms with Gasteiger partial charge in [-0.05, 0) is 18.4 Å². The molecule has 7 heteroatoms. The van der Waals surface area contributed by atoms with Gasteiger partial charge in [-0.2, -0.15) is 0 Å². The van der Waals surface area contributed by atoms with Gasteiger partial charge in [0.1, 0.15) is 13.2 Å². The smallest absolute Gasteiger partial charge is 0.246 e. The van der Waals surface area contributed by atoms with Crippen molar-refractivity contribution in [2.24, 2.45) is 16.6 Å². The molecule has 0 atom stereocenters. The van der Waals surface area contributed by atoms with Gasteiger partial charge >= 0.3 is 0 Å². The van der Waals surface area contributed by atoms with Crippen molar-refractivity contribution in [3.05, 3.63) is 0 Å². The molecule has 0 radical (unpaired) electrons. The molecule has 7 nitrogen and oxygen atoms in total. The van der Waals surface area contributed by atoms with Gasteiger partial charge in [0.25, 0.3) is 0 Å². The summed E-state index contributed by atoms with van der Waals surface area (Å²) in [6.45, 7) is 10.3. The number of nitrogens with one attached hydrogen (secondary N) is 2. The van der Waals surface area contributed by atoms with Crippen LogP contribution < -0.4 is 16.4 Å². The van der Waals surface area contributed by atoms with E-state index in [1.54, 1.807) is 0 Å². The average Bonchev–Trinajstić information content (AvgIpc) is 2.50. The molecule has 25 heavy (non-hydrogen) atoms. The SMILES string of the molecule is C#CCNC(=O)COCC(=O)NCC(C)(C)COCC(C)(C)CCN. The highest BCUT2D eigenvalue weighted by Gasteiger charge is 2.22. The van der Waals surface area contributed by atoms with E-state index >= 15 is 0 Å². The lowest BCUT2D eigenvalue weighted by atomic mass is 9.90. The van der Waals surface area contributed by atoms with E-state index in [0.717, 1.165) is 6.42 Å². The summed E-state index contributed by atoms with van der Waals surface area (Å²) in [6, 6.07) is 0. The van der Waals surface area contributed by atoms with Gasteiger partial charge in [0.05, 0.1) is 19.8 Å². The minimum atomic E-state index is -0.348. The van der Waals surface area contributed by atoms with Crippen LogP contribution in [0.15, 0.2) is 0 Å². The zero-order valence-corrected chi connectivity index (χ0v) is 15.9. The topological polar surface area (TPSA) is 103 Å². The summed E-state index contributed by atoms with van der Waals surface area (Å²) in [4.78, 5) is 23.0. The first kappa shape index (κ1) is 23.4. The maximum Gasteiger partial charge on any atom is 0.246 e. The van der Waals surface area contributed by atoms with Crippen molar-refractivity contribution in [3.8, 4) is 12.3 Å². The molecule has 0 aromatic carbocycles. The lowest BCUT2D eigenvalue weighted by molar-refractivity contribution is -0.131. The fraction of sp³-hybridized carbons (Fsp3) is 0.778. The number of carbonyl (C=O) groups excluding carboxylic acids is 2. The van der Waals surface area contributed by atoms with Crippen molar-refractivity contribution in [2.75, 3.05) is 46.1 Å². The Labute approximate surface area is 151 Å². The van der Waals surface area contributed by atoms with Crippen LogP contribution in [0.25, 0.3) is 0 Å². The van der Waals surface area contributed by atoms with Crippen LogP contribution in [-0.4, -0.2) is 57.9 Å². The molecular formula is C18H33N3O4. The van der Waals surface area contributed by atoms with Gasteiger partial charge in [-0.3, -0.25) is 9.59 Å². The largest absolute Gasteiger partial charge is 0.380 e. The third kappa shape index (κ3) is 13.4. The molecule has 0 aromatic rings. The predicted octanol–water partition coefficient (Wildman–Crippen LogP) is 0.286. The highest BCUT2D eigenvalue weighted by atomic mass is 16.5. The zero-order chi connectivity index (χ0) is 19.3. The molecule has 0 aliphatic rings. The molecule has 0 saturated carbocycles. The van der Waals surface area contributed by atoms with E-state index < -0.39 is 0 Å². The number of amides is 2. The van der Waals surface area contributed by atoms with E-state index in [9.17, 15) is 9.59 Å². The molecule has 0 fully saturated rings. The monoisotopic (exact) mass is 355 g/mol. The fourth-order valence-electron chi connectivity index (χ4n) is 1.94. The van der Waals surface area contributed by atoms with E-state index in [2.05, 4.69) is 30.4 Å². The molecule has 0 bridgehead atoms.